The highest BCUT2D eigenvalue weighted by molar-refractivity contribution is 6.31. The summed E-state index contributed by atoms with van der Waals surface area (Å²) in [6.45, 7) is 1.57. The number of hydrogen-bond donors (Lipinski definition) is 1. The highest BCUT2D eigenvalue weighted by Gasteiger charge is 2.54. The predicted molar refractivity (Wildman–Crippen MR) is 123 cm³/mol. The summed E-state index contributed by atoms with van der Waals surface area (Å²) < 4.78 is 14.4. The van der Waals surface area contributed by atoms with Crippen LogP contribution in [0.15, 0.2) is 59.4 Å². The zero-order valence-corrected chi connectivity index (χ0v) is 19.0. The Hall–Kier alpha value is -3.92. The molecule has 1 saturated heterocycles. The first-order valence-electron chi connectivity index (χ1n) is 10.4. The van der Waals surface area contributed by atoms with Crippen molar-refractivity contribution in [3.05, 3.63) is 76.3 Å². The van der Waals surface area contributed by atoms with Gasteiger partial charge in [-0.05, 0) is 43.3 Å². The van der Waals surface area contributed by atoms with Gasteiger partial charge in [-0.25, -0.2) is 14.2 Å². The molecule has 5 rings (SSSR count). The van der Waals surface area contributed by atoms with E-state index in [4.69, 9.17) is 17.3 Å². The van der Waals surface area contributed by atoms with E-state index in [2.05, 4.69) is 4.99 Å². The standard InChI is InChI=1S/C23H20ClFN6O3/c1-12-10-29-18-20(27-22(29)31(12)14-8-6-13(7-9-14)19(26)32)28(2)23(34)30(21(18)33)11-15-16(24)4-3-5-17(15)25/h3-10,18,20H,11H2,1-2H3,(H2,26,32). The number of aliphatic imine (C=N–C) groups is 1. The number of hydrogen-bond acceptors (Lipinski definition) is 6. The number of benzene rings is 2. The normalized spacial score (nSPS) is 21.5. The quantitative estimate of drug-likeness (QED) is 0.721. The van der Waals surface area contributed by atoms with Crippen LogP contribution in [-0.2, 0) is 11.3 Å². The SMILES string of the molecule is CC1=CN2C(=NC3C2C(=O)N(Cc2c(F)cccc2Cl)C(=O)N3C)N1c1ccc(C(N)=O)cc1. The third-order valence-corrected chi connectivity index (χ3v) is 6.53. The maximum absolute atomic E-state index is 14.4. The van der Waals surface area contributed by atoms with E-state index in [9.17, 15) is 18.8 Å². The van der Waals surface area contributed by atoms with Crippen LogP contribution in [0.1, 0.15) is 22.8 Å². The van der Waals surface area contributed by atoms with E-state index in [1.54, 1.807) is 42.4 Å². The number of carbonyl (C=O) groups is 3. The number of nitrogens with two attached hydrogens (primary N) is 1. The maximum Gasteiger partial charge on any atom is 0.328 e. The molecule has 0 spiro atoms. The molecule has 0 saturated carbocycles. The molecule has 2 atom stereocenters. The highest BCUT2D eigenvalue weighted by Crippen LogP contribution is 2.37. The molecule has 0 bridgehead atoms. The van der Waals surface area contributed by atoms with Crippen molar-refractivity contribution >= 4 is 41.1 Å². The number of amides is 4. The summed E-state index contributed by atoms with van der Waals surface area (Å²) in [5, 5.41) is 0.135. The molecule has 34 heavy (non-hydrogen) atoms. The fourth-order valence-electron chi connectivity index (χ4n) is 4.43. The molecule has 2 aromatic carbocycles. The lowest BCUT2D eigenvalue weighted by Crippen LogP contribution is -2.64. The fraction of sp³-hybridized carbons (Fsp3) is 0.217. The van der Waals surface area contributed by atoms with Gasteiger partial charge in [0.05, 0.1) is 6.54 Å². The highest BCUT2D eigenvalue weighted by atomic mass is 35.5. The molecular weight excluding hydrogens is 463 g/mol. The van der Waals surface area contributed by atoms with Crippen LogP contribution in [0.25, 0.3) is 0 Å². The number of likely N-dealkylation sites (N-methyl/N-ethyl adjacent to an activating group) is 1. The molecule has 1 fully saturated rings. The van der Waals surface area contributed by atoms with Gasteiger partial charge in [0.25, 0.3) is 5.91 Å². The van der Waals surface area contributed by atoms with Gasteiger partial charge in [-0.2, -0.15) is 0 Å². The number of anilines is 1. The van der Waals surface area contributed by atoms with Gasteiger partial charge >= 0.3 is 6.03 Å². The summed E-state index contributed by atoms with van der Waals surface area (Å²) in [6, 6.07) is 9.48. The monoisotopic (exact) mass is 482 g/mol. The molecule has 2 aromatic rings. The first kappa shape index (κ1) is 21.9. The summed E-state index contributed by atoms with van der Waals surface area (Å²) in [5.41, 5.74) is 7.28. The third kappa shape index (κ3) is 3.21. The van der Waals surface area contributed by atoms with Crippen LogP contribution in [0, 0.1) is 5.82 Å². The number of rotatable bonds is 4. The van der Waals surface area contributed by atoms with Crippen LogP contribution in [0.5, 0.6) is 0 Å². The van der Waals surface area contributed by atoms with Gasteiger partial charge in [0, 0.05) is 40.8 Å². The molecule has 0 radical (unpaired) electrons. The summed E-state index contributed by atoms with van der Waals surface area (Å²) in [6.07, 6.45) is 1.03. The molecule has 3 heterocycles. The lowest BCUT2D eigenvalue weighted by atomic mass is 10.1. The second-order valence-corrected chi connectivity index (χ2v) is 8.64. The zero-order chi connectivity index (χ0) is 24.3. The van der Waals surface area contributed by atoms with Crippen LogP contribution in [0.3, 0.4) is 0 Å². The Balaban J connectivity index is 1.47. The summed E-state index contributed by atoms with van der Waals surface area (Å²) >= 11 is 6.14. The van der Waals surface area contributed by atoms with Crippen molar-refractivity contribution in [2.45, 2.75) is 25.7 Å². The smallest absolute Gasteiger partial charge is 0.328 e. The molecular formula is C23H20ClFN6O3. The molecule has 4 amide bonds. The number of allylic oxidation sites excluding steroid dienone is 1. The Kier molecular flexibility index (Phi) is 5.05. The van der Waals surface area contributed by atoms with Crippen molar-refractivity contribution in [3.63, 3.8) is 0 Å². The van der Waals surface area contributed by atoms with E-state index >= 15 is 0 Å². The Bertz CT molecular complexity index is 1270. The van der Waals surface area contributed by atoms with E-state index in [1.807, 2.05) is 11.8 Å². The Morgan fingerprint density at radius 1 is 1.18 bits per heavy atom. The van der Waals surface area contributed by atoms with Crippen molar-refractivity contribution in [1.82, 2.24) is 14.7 Å². The van der Waals surface area contributed by atoms with Gasteiger partial charge in [0.2, 0.25) is 11.9 Å². The van der Waals surface area contributed by atoms with Gasteiger partial charge in [-0.15, -0.1) is 0 Å². The molecule has 2 N–H and O–H groups in total. The van der Waals surface area contributed by atoms with Crippen LogP contribution >= 0.6 is 11.6 Å². The van der Waals surface area contributed by atoms with Crippen LogP contribution in [-0.4, -0.2) is 57.8 Å². The maximum atomic E-state index is 14.4. The number of guanidine groups is 1. The lowest BCUT2D eigenvalue weighted by molar-refractivity contribution is -0.137. The predicted octanol–water partition coefficient (Wildman–Crippen LogP) is 2.72. The third-order valence-electron chi connectivity index (χ3n) is 6.18. The van der Waals surface area contributed by atoms with E-state index in [0.717, 1.165) is 16.3 Å². The van der Waals surface area contributed by atoms with Gasteiger partial charge in [0.15, 0.2) is 12.2 Å². The van der Waals surface area contributed by atoms with Crippen LogP contribution in [0.4, 0.5) is 14.9 Å². The van der Waals surface area contributed by atoms with Crippen molar-refractivity contribution in [2.24, 2.45) is 10.7 Å². The molecule has 174 valence electrons. The molecule has 11 heteroatoms. The minimum atomic E-state index is -0.812. The van der Waals surface area contributed by atoms with Crippen molar-refractivity contribution in [3.8, 4) is 0 Å². The second kappa shape index (κ2) is 7.84. The molecule has 3 aliphatic heterocycles. The lowest BCUT2D eigenvalue weighted by Gasteiger charge is -2.40. The van der Waals surface area contributed by atoms with Gasteiger partial charge in [-0.1, -0.05) is 17.7 Å². The van der Waals surface area contributed by atoms with Crippen LogP contribution in [0.2, 0.25) is 5.02 Å². The minimum absolute atomic E-state index is 0.0705. The second-order valence-electron chi connectivity index (χ2n) is 8.23. The number of urea groups is 1. The van der Waals surface area contributed by atoms with Crippen molar-refractivity contribution in [1.29, 1.82) is 0 Å². The number of halogens is 2. The molecule has 3 aliphatic rings. The fourth-order valence-corrected chi connectivity index (χ4v) is 4.66. The first-order valence-corrected chi connectivity index (χ1v) is 10.8. The number of carbonyl (C=O) groups excluding carboxylic acids is 3. The molecule has 0 aliphatic carbocycles. The number of imide groups is 1. The number of fused-ring (bicyclic) bond motifs is 3. The topological polar surface area (TPSA) is 103 Å². The van der Waals surface area contributed by atoms with E-state index < -0.39 is 35.9 Å². The molecule has 0 aromatic heterocycles. The van der Waals surface area contributed by atoms with Crippen molar-refractivity contribution in [2.75, 3.05) is 11.9 Å². The average Bonchev–Trinajstić information content (AvgIpc) is 3.31. The first-order chi connectivity index (χ1) is 16.2. The summed E-state index contributed by atoms with van der Waals surface area (Å²) in [5.74, 6) is -1.16. The van der Waals surface area contributed by atoms with Crippen LogP contribution < -0.4 is 10.6 Å². The Labute approximate surface area is 199 Å². The average molecular weight is 483 g/mol. The largest absolute Gasteiger partial charge is 0.366 e. The van der Waals surface area contributed by atoms with E-state index in [1.165, 1.54) is 23.1 Å². The van der Waals surface area contributed by atoms with E-state index in [0.29, 0.717) is 11.5 Å². The molecule has 9 nitrogen and oxygen atoms in total. The summed E-state index contributed by atoms with van der Waals surface area (Å²) in [4.78, 5) is 48.5. The van der Waals surface area contributed by atoms with Gasteiger partial charge in [0.1, 0.15) is 5.82 Å². The summed E-state index contributed by atoms with van der Waals surface area (Å²) in [7, 11) is 1.55. The van der Waals surface area contributed by atoms with Gasteiger partial charge in [-0.3, -0.25) is 19.4 Å². The Morgan fingerprint density at radius 2 is 1.88 bits per heavy atom. The number of primary amides is 1. The van der Waals surface area contributed by atoms with E-state index in [-0.39, 0.29) is 17.1 Å². The Morgan fingerprint density at radius 3 is 2.53 bits per heavy atom. The minimum Gasteiger partial charge on any atom is -0.366 e. The molecule has 2 unspecified atom stereocenters. The number of nitrogens with zero attached hydrogens (tertiary/aromatic N) is 5. The van der Waals surface area contributed by atoms with Crippen molar-refractivity contribution < 1.29 is 18.8 Å². The zero-order valence-electron chi connectivity index (χ0n) is 18.3. The van der Waals surface area contributed by atoms with Gasteiger partial charge < -0.3 is 15.5 Å².